The van der Waals surface area contributed by atoms with E-state index in [1.165, 1.54) is 16.8 Å². The highest BCUT2D eigenvalue weighted by molar-refractivity contribution is 5.50. The van der Waals surface area contributed by atoms with Crippen LogP contribution in [0.25, 0.3) is 11.6 Å². The number of hydrogen-bond acceptors (Lipinski definition) is 6. The number of nitrogens with two attached hydrogens (primary N) is 1. The van der Waals surface area contributed by atoms with Crippen molar-refractivity contribution in [3.05, 3.63) is 22.2 Å². The molecule has 0 atom stereocenters. The summed E-state index contributed by atoms with van der Waals surface area (Å²) in [5, 5.41) is 14.2. The van der Waals surface area contributed by atoms with Gasteiger partial charge in [-0.2, -0.15) is 4.98 Å². The molecule has 2 aromatic rings. The first-order valence-corrected chi connectivity index (χ1v) is 3.99. The van der Waals surface area contributed by atoms with Gasteiger partial charge in [-0.05, 0) is 6.07 Å². The number of aromatic nitrogens is 3. The minimum Gasteiger partial charge on any atom is -0.397 e. The molecule has 2 N–H and O–H groups in total. The maximum absolute atomic E-state index is 10.4. The topological polar surface area (TPSA) is 113 Å². The van der Waals surface area contributed by atoms with Crippen LogP contribution in [0.1, 0.15) is 0 Å². The summed E-state index contributed by atoms with van der Waals surface area (Å²) >= 11 is 0. The van der Waals surface area contributed by atoms with Crippen LogP contribution in [0.15, 0.2) is 16.5 Å². The van der Waals surface area contributed by atoms with Gasteiger partial charge in [-0.3, -0.25) is 10.1 Å². The molecule has 0 spiro atoms. The molecule has 0 aliphatic rings. The highest BCUT2D eigenvalue weighted by Crippen LogP contribution is 2.24. The van der Waals surface area contributed by atoms with Crippen molar-refractivity contribution in [2.45, 2.75) is 0 Å². The van der Waals surface area contributed by atoms with Crippen LogP contribution in [0, 0.1) is 10.1 Å². The molecule has 0 saturated carbocycles. The predicted molar refractivity (Wildman–Crippen MR) is 49.8 cm³/mol. The van der Waals surface area contributed by atoms with Gasteiger partial charge in [0.25, 0.3) is 0 Å². The number of aryl methyl sites for hydroxylation is 1. The number of nitrogens with zero attached hydrogens (tertiary/aromatic N) is 4. The lowest BCUT2D eigenvalue weighted by Crippen LogP contribution is -1.93. The first-order valence-electron chi connectivity index (χ1n) is 3.99. The van der Waals surface area contributed by atoms with E-state index in [1.54, 1.807) is 7.05 Å². The zero-order chi connectivity index (χ0) is 11.0. The molecule has 2 aromatic heterocycles. The fraction of sp³-hybridized carbons (Fsp3) is 0.143. The standard InChI is InChI=1S/C7H7N5O3/c1-11-6(9-7(8)10-11)4-2-3-5(15-4)12(13)14/h2-3H,1H3,(H2,8,10). The van der Waals surface area contributed by atoms with Gasteiger partial charge in [0.05, 0.1) is 6.07 Å². The Morgan fingerprint density at radius 2 is 2.33 bits per heavy atom. The third-order valence-electron chi connectivity index (χ3n) is 1.77. The summed E-state index contributed by atoms with van der Waals surface area (Å²) in [5.74, 6) is 0.354. The van der Waals surface area contributed by atoms with Crippen molar-refractivity contribution in [1.29, 1.82) is 0 Å². The van der Waals surface area contributed by atoms with E-state index in [4.69, 9.17) is 10.2 Å². The zero-order valence-electron chi connectivity index (χ0n) is 7.75. The predicted octanol–water partition coefficient (Wildman–Crippen LogP) is 0.566. The Bertz CT molecular complexity index is 514. The van der Waals surface area contributed by atoms with E-state index in [0.717, 1.165) is 0 Å². The molecule has 0 bridgehead atoms. The molecule has 15 heavy (non-hydrogen) atoms. The van der Waals surface area contributed by atoms with Crippen molar-refractivity contribution in [3.63, 3.8) is 0 Å². The van der Waals surface area contributed by atoms with Gasteiger partial charge in [-0.1, -0.05) is 0 Å². The van der Waals surface area contributed by atoms with Gasteiger partial charge < -0.3 is 10.2 Å². The Morgan fingerprint density at radius 1 is 1.60 bits per heavy atom. The Hall–Kier alpha value is -2.38. The number of rotatable bonds is 2. The van der Waals surface area contributed by atoms with Crippen molar-refractivity contribution in [2.24, 2.45) is 7.05 Å². The van der Waals surface area contributed by atoms with Gasteiger partial charge in [0.1, 0.15) is 4.92 Å². The second-order valence-electron chi connectivity index (χ2n) is 2.81. The van der Waals surface area contributed by atoms with Gasteiger partial charge in [0, 0.05) is 7.05 Å². The van der Waals surface area contributed by atoms with Crippen LogP contribution in [0.5, 0.6) is 0 Å². The minimum atomic E-state index is -0.622. The Balaban J connectivity index is 2.45. The highest BCUT2D eigenvalue weighted by atomic mass is 16.6. The monoisotopic (exact) mass is 209 g/mol. The van der Waals surface area contributed by atoms with Crippen LogP contribution in [0.3, 0.4) is 0 Å². The smallest absolute Gasteiger partial charge is 0.397 e. The van der Waals surface area contributed by atoms with Crippen molar-refractivity contribution >= 4 is 11.8 Å². The van der Waals surface area contributed by atoms with E-state index in [-0.39, 0.29) is 17.6 Å². The second kappa shape index (κ2) is 3.08. The number of anilines is 1. The first-order chi connectivity index (χ1) is 7.08. The lowest BCUT2D eigenvalue weighted by atomic mass is 10.4. The first kappa shape index (κ1) is 9.19. The van der Waals surface area contributed by atoms with Crippen molar-refractivity contribution in [3.8, 4) is 11.6 Å². The Morgan fingerprint density at radius 3 is 2.80 bits per heavy atom. The summed E-state index contributed by atoms with van der Waals surface area (Å²) < 4.78 is 6.33. The summed E-state index contributed by atoms with van der Waals surface area (Å²) in [6.45, 7) is 0. The van der Waals surface area contributed by atoms with Crippen molar-refractivity contribution in [1.82, 2.24) is 14.8 Å². The van der Waals surface area contributed by atoms with E-state index < -0.39 is 4.92 Å². The van der Waals surface area contributed by atoms with Crippen molar-refractivity contribution in [2.75, 3.05) is 5.73 Å². The molecule has 0 aliphatic carbocycles. The van der Waals surface area contributed by atoms with Crippen LogP contribution < -0.4 is 5.73 Å². The minimum absolute atomic E-state index is 0.0894. The van der Waals surface area contributed by atoms with Crippen molar-refractivity contribution < 1.29 is 9.34 Å². The molecule has 0 saturated heterocycles. The van der Waals surface area contributed by atoms with E-state index in [2.05, 4.69) is 10.1 Å². The molecule has 0 aliphatic heterocycles. The van der Waals surface area contributed by atoms with E-state index in [1.807, 2.05) is 0 Å². The maximum atomic E-state index is 10.4. The molecule has 0 fully saturated rings. The highest BCUT2D eigenvalue weighted by Gasteiger charge is 2.17. The molecule has 0 unspecified atom stereocenters. The molecule has 0 aromatic carbocycles. The van der Waals surface area contributed by atoms with Gasteiger partial charge in [0.15, 0.2) is 11.6 Å². The maximum Gasteiger partial charge on any atom is 0.433 e. The van der Waals surface area contributed by atoms with Gasteiger partial charge >= 0.3 is 5.88 Å². The Labute approximate surface area is 83.5 Å². The molecule has 0 amide bonds. The third kappa shape index (κ3) is 1.52. The van der Waals surface area contributed by atoms with Crippen LogP contribution >= 0.6 is 0 Å². The molecule has 2 rings (SSSR count). The average molecular weight is 209 g/mol. The summed E-state index contributed by atoms with van der Waals surface area (Å²) in [6, 6.07) is 2.70. The zero-order valence-corrected chi connectivity index (χ0v) is 7.75. The lowest BCUT2D eigenvalue weighted by Gasteiger charge is -1.92. The van der Waals surface area contributed by atoms with Crippen LogP contribution in [0.2, 0.25) is 0 Å². The number of furan rings is 1. The average Bonchev–Trinajstić information content (AvgIpc) is 2.71. The van der Waals surface area contributed by atoms with E-state index in [0.29, 0.717) is 5.82 Å². The lowest BCUT2D eigenvalue weighted by molar-refractivity contribution is -0.401. The molecular formula is C7H7N5O3. The molecule has 8 heteroatoms. The molecule has 0 radical (unpaired) electrons. The molecular weight excluding hydrogens is 202 g/mol. The van der Waals surface area contributed by atoms with Gasteiger partial charge in [0.2, 0.25) is 5.95 Å². The largest absolute Gasteiger partial charge is 0.433 e. The summed E-state index contributed by atoms with van der Waals surface area (Å²) in [4.78, 5) is 13.6. The van der Waals surface area contributed by atoms with E-state index in [9.17, 15) is 10.1 Å². The number of hydrogen-bond donors (Lipinski definition) is 1. The fourth-order valence-corrected chi connectivity index (χ4v) is 1.16. The number of nitrogen functional groups attached to an aromatic ring is 1. The fourth-order valence-electron chi connectivity index (χ4n) is 1.16. The normalized spacial score (nSPS) is 10.5. The van der Waals surface area contributed by atoms with E-state index >= 15 is 0 Å². The molecule has 8 nitrogen and oxygen atoms in total. The van der Waals surface area contributed by atoms with Crippen LogP contribution in [-0.4, -0.2) is 19.7 Å². The third-order valence-corrected chi connectivity index (χ3v) is 1.77. The quantitative estimate of drug-likeness (QED) is 0.571. The second-order valence-corrected chi connectivity index (χ2v) is 2.81. The van der Waals surface area contributed by atoms with Gasteiger partial charge in [-0.15, -0.1) is 5.10 Å². The molecule has 2 heterocycles. The Kier molecular flexibility index (Phi) is 1.89. The summed E-state index contributed by atoms with van der Waals surface area (Å²) in [5.41, 5.74) is 5.36. The summed E-state index contributed by atoms with van der Waals surface area (Å²) in [6.07, 6.45) is 0. The van der Waals surface area contributed by atoms with Crippen LogP contribution in [0.4, 0.5) is 11.8 Å². The summed E-state index contributed by atoms with van der Waals surface area (Å²) in [7, 11) is 1.62. The SMILES string of the molecule is Cn1nc(N)nc1-c1ccc([N+](=O)[O-])o1. The number of nitro groups is 1. The van der Waals surface area contributed by atoms with Crippen LogP contribution in [-0.2, 0) is 7.05 Å². The molecule has 78 valence electrons. The van der Waals surface area contributed by atoms with Gasteiger partial charge in [-0.25, -0.2) is 4.68 Å².